The van der Waals surface area contributed by atoms with Gasteiger partial charge in [0.15, 0.2) is 6.61 Å². The van der Waals surface area contributed by atoms with Crippen LogP contribution in [0.2, 0.25) is 5.02 Å². The molecular formula is C22H18ClNO2S. The molecule has 1 aliphatic heterocycles. The zero-order valence-electron chi connectivity index (χ0n) is 14.5. The molecule has 4 rings (SSSR count). The Kier molecular flexibility index (Phi) is 5.37. The summed E-state index contributed by atoms with van der Waals surface area (Å²) in [6.45, 7) is -0.0390. The lowest BCUT2D eigenvalue weighted by Gasteiger charge is -2.37. The van der Waals surface area contributed by atoms with Gasteiger partial charge in [0.1, 0.15) is 5.75 Å². The number of ether oxygens (including phenoxy) is 1. The van der Waals surface area contributed by atoms with E-state index in [-0.39, 0.29) is 18.6 Å². The minimum atomic E-state index is -0.0726. The molecule has 0 N–H and O–H groups in total. The van der Waals surface area contributed by atoms with Crippen LogP contribution in [0.15, 0.2) is 83.8 Å². The van der Waals surface area contributed by atoms with E-state index < -0.39 is 0 Å². The van der Waals surface area contributed by atoms with Crippen molar-refractivity contribution >= 4 is 35.0 Å². The Morgan fingerprint density at radius 3 is 2.63 bits per heavy atom. The van der Waals surface area contributed by atoms with E-state index in [0.29, 0.717) is 10.8 Å². The minimum Gasteiger partial charge on any atom is -0.484 e. The van der Waals surface area contributed by atoms with Crippen LogP contribution in [-0.2, 0) is 4.79 Å². The van der Waals surface area contributed by atoms with Gasteiger partial charge in [-0.1, -0.05) is 60.1 Å². The van der Waals surface area contributed by atoms with Gasteiger partial charge < -0.3 is 4.74 Å². The molecule has 5 heteroatoms. The normalized spacial score (nSPS) is 15.9. The molecule has 0 saturated heterocycles. The van der Waals surface area contributed by atoms with Gasteiger partial charge in [-0.2, -0.15) is 0 Å². The molecule has 0 aliphatic carbocycles. The minimum absolute atomic E-state index is 0.0263. The summed E-state index contributed by atoms with van der Waals surface area (Å²) in [5.41, 5.74) is 2.05. The molecule has 0 unspecified atom stereocenters. The summed E-state index contributed by atoms with van der Waals surface area (Å²) in [5, 5.41) is 0.585. The van der Waals surface area contributed by atoms with Crippen LogP contribution >= 0.6 is 23.4 Å². The number of thioether (sulfide) groups is 1. The van der Waals surface area contributed by atoms with Crippen LogP contribution in [0.1, 0.15) is 11.6 Å². The van der Waals surface area contributed by atoms with Crippen LogP contribution in [0.4, 0.5) is 5.69 Å². The van der Waals surface area contributed by atoms with E-state index in [1.165, 1.54) is 0 Å². The Morgan fingerprint density at radius 2 is 1.81 bits per heavy atom. The third kappa shape index (κ3) is 3.97. The molecule has 0 aromatic heterocycles. The molecule has 3 nitrogen and oxygen atoms in total. The maximum absolute atomic E-state index is 13.2. The number of benzene rings is 3. The Balaban J connectivity index is 1.62. The molecule has 1 aliphatic rings. The summed E-state index contributed by atoms with van der Waals surface area (Å²) in [6, 6.07) is 25.2. The number of para-hydroxylation sites is 1. The van der Waals surface area contributed by atoms with Crippen molar-refractivity contribution in [2.75, 3.05) is 17.3 Å². The van der Waals surface area contributed by atoms with Gasteiger partial charge in [0.05, 0.1) is 11.7 Å². The van der Waals surface area contributed by atoms with Crippen LogP contribution in [0.25, 0.3) is 0 Å². The number of anilines is 1. The molecule has 1 amide bonds. The maximum Gasteiger partial charge on any atom is 0.265 e. The van der Waals surface area contributed by atoms with E-state index in [2.05, 4.69) is 18.2 Å². The summed E-state index contributed by atoms with van der Waals surface area (Å²) in [4.78, 5) is 16.1. The molecule has 1 atom stereocenters. The van der Waals surface area contributed by atoms with Gasteiger partial charge in [-0.25, -0.2) is 0 Å². The first-order valence-corrected chi connectivity index (χ1v) is 10.1. The first kappa shape index (κ1) is 18.0. The van der Waals surface area contributed by atoms with Crippen molar-refractivity contribution in [3.8, 4) is 5.75 Å². The number of rotatable bonds is 4. The lowest BCUT2D eigenvalue weighted by molar-refractivity contribution is -0.121. The Labute approximate surface area is 167 Å². The van der Waals surface area contributed by atoms with Crippen LogP contribution in [0.5, 0.6) is 5.75 Å². The summed E-state index contributed by atoms with van der Waals surface area (Å²) in [5.74, 6) is 1.33. The van der Waals surface area contributed by atoms with Gasteiger partial charge in [-0.15, -0.1) is 11.8 Å². The summed E-state index contributed by atoms with van der Waals surface area (Å²) in [7, 11) is 0. The predicted molar refractivity (Wildman–Crippen MR) is 111 cm³/mol. The standard InChI is InChI=1S/C22H18ClNO2S/c23-17-9-6-10-18(13-17)26-14-22(25)24-19-11-4-5-12-21(19)27-15-20(24)16-7-2-1-3-8-16/h1-13,20H,14-15H2/t20-/m1/s1. The van der Waals surface area contributed by atoms with Crippen LogP contribution in [0.3, 0.4) is 0 Å². The zero-order chi connectivity index (χ0) is 18.6. The quantitative estimate of drug-likeness (QED) is 0.576. The monoisotopic (exact) mass is 395 g/mol. The summed E-state index contributed by atoms with van der Waals surface area (Å²) in [6.07, 6.45) is 0. The van der Waals surface area contributed by atoms with Gasteiger partial charge in [-0.3, -0.25) is 9.69 Å². The van der Waals surface area contributed by atoms with Crippen molar-refractivity contribution in [2.24, 2.45) is 0 Å². The largest absolute Gasteiger partial charge is 0.484 e. The lowest BCUT2D eigenvalue weighted by atomic mass is 10.1. The van der Waals surface area contributed by atoms with E-state index in [0.717, 1.165) is 21.9 Å². The van der Waals surface area contributed by atoms with E-state index in [4.69, 9.17) is 16.3 Å². The van der Waals surface area contributed by atoms with Crippen molar-refractivity contribution in [1.82, 2.24) is 0 Å². The van der Waals surface area contributed by atoms with E-state index in [9.17, 15) is 4.79 Å². The molecule has 0 bridgehead atoms. The summed E-state index contributed by atoms with van der Waals surface area (Å²) >= 11 is 7.78. The van der Waals surface area contributed by atoms with Gasteiger partial charge in [-0.05, 0) is 35.9 Å². The van der Waals surface area contributed by atoms with Crippen LogP contribution in [0, 0.1) is 0 Å². The fourth-order valence-electron chi connectivity index (χ4n) is 3.19. The highest BCUT2D eigenvalue weighted by Crippen LogP contribution is 2.43. The highest BCUT2D eigenvalue weighted by Gasteiger charge is 2.32. The molecule has 0 fully saturated rings. The van der Waals surface area contributed by atoms with E-state index in [1.807, 2.05) is 47.4 Å². The zero-order valence-corrected chi connectivity index (χ0v) is 16.1. The first-order valence-electron chi connectivity index (χ1n) is 8.69. The molecule has 1 heterocycles. The van der Waals surface area contributed by atoms with Gasteiger partial charge >= 0.3 is 0 Å². The second kappa shape index (κ2) is 8.07. The average molecular weight is 396 g/mol. The number of carbonyl (C=O) groups is 1. The van der Waals surface area contributed by atoms with Crippen LogP contribution < -0.4 is 9.64 Å². The summed E-state index contributed by atoms with van der Waals surface area (Å²) < 4.78 is 5.72. The Bertz CT molecular complexity index is 948. The Morgan fingerprint density at radius 1 is 1.04 bits per heavy atom. The maximum atomic E-state index is 13.2. The van der Waals surface area contributed by atoms with E-state index in [1.54, 1.807) is 30.0 Å². The number of nitrogens with zero attached hydrogens (tertiary/aromatic N) is 1. The third-order valence-corrected chi connectivity index (χ3v) is 5.82. The van der Waals surface area contributed by atoms with Gasteiger partial charge in [0.25, 0.3) is 5.91 Å². The predicted octanol–water partition coefficient (Wildman–Crippen LogP) is 5.60. The molecule has 0 radical (unpaired) electrons. The number of amides is 1. The van der Waals surface area contributed by atoms with Crippen molar-refractivity contribution in [1.29, 1.82) is 0 Å². The number of carbonyl (C=O) groups excluding carboxylic acids is 1. The fourth-order valence-corrected chi connectivity index (χ4v) is 4.54. The number of hydrogen-bond donors (Lipinski definition) is 0. The number of halogens is 1. The molecule has 0 saturated carbocycles. The second-order valence-electron chi connectivity index (χ2n) is 6.22. The van der Waals surface area contributed by atoms with Gasteiger partial charge in [0.2, 0.25) is 0 Å². The van der Waals surface area contributed by atoms with Crippen molar-refractivity contribution in [2.45, 2.75) is 10.9 Å². The molecule has 0 spiro atoms. The van der Waals surface area contributed by atoms with Gasteiger partial charge in [0, 0.05) is 15.7 Å². The van der Waals surface area contributed by atoms with Crippen molar-refractivity contribution in [3.63, 3.8) is 0 Å². The Hall–Kier alpha value is -2.43. The molecule has 136 valence electrons. The highest BCUT2D eigenvalue weighted by atomic mass is 35.5. The smallest absolute Gasteiger partial charge is 0.265 e. The molecule has 3 aromatic carbocycles. The highest BCUT2D eigenvalue weighted by molar-refractivity contribution is 7.99. The lowest BCUT2D eigenvalue weighted by Crippen LogP contribution is -2.41. The molecule has 3 aromatic rings. The second-order valence-corrected chi connectivity index (χ2v) is 7.71. The van der Waals surface area contributed by atoms with Crippen LogP contribution in [-0.4, -0.2) is 18.3 Å². The van der Waals surface area contributed by atoms with E-state index >= 15 is 0 Å². The molecular weight excluding hydrogens is 378 g/mol. The number of fused-ring (bicyclic) bond motifs is 1. The average Bonchev–Trinajstić information content (AvgIpc) is 2.72. The first-order chi connectivity index (χ1) is 13.2. The van der Waals surface area contributed by atoms with Crippen molar-refractivity contribution in [3.05, 3.63) is 89.4 Å². The number of hydrogen-bond acceptors (Lipinski definition) is 3. The SMILES string of the molecule is O=C(COc1cccc(Cl)c1)N1c2ccccc2SC[C@@H]1c1ccccc1. The molecule has 27 heavy (non-hydrogen) atoms. The fraction of sp³-hybridized carbons (Fsp3) is 0.136. The third-order valence-electron chi connectivity index (χ3n) is 4.44. The topological polar surface area (TPSA) is 29.5 Å². The van der Waals surface area contributed by atoms with Crippen molar-refractivity contribution < 1.29 is 9.53 Å².